The average Bonchev–Trinajstić information content (AvgIpc) is 2.82. The number of piperidine rings is 1. The van der Waals surface area contributed by atoms with Gasteiger partial charge in [0.05, 0.1) is 11.0 Å². The van der Waals surface area contributed by atoms with Crippen molar-refractivity contribution < 1.29 is 9.90 Å². The summed E-state index contributed by atoms with van der Waals surface area (Å²) in [5, 5.41) is 11.6. The van der Waals surface area contributed by atoms with E-state index in [-0.39, 0.29) is 11.7 Å². The first-order valence-electron chi connectivity index (χ1n) is 7.63. The summed E-state index contributed by atoms with van der Waals surface area (Å²) in [5.41, 5.74) is 1.54. The van der Waals surface area contributed by atoms with Crippen LogP contribution in [0.2, 0.25) is 5.02 Å². The molecule has 1 aliphatic heterocycles. The number of halogens is 1. The fourth-order valence-corrected chi connectivity index (χ4v) is 3.36. The van der Waals surface area contributed by atoms with E-state index in [1.165, 1.54) is 0 Å². The number of aromatic nitrogens is 2. The molecule has 1 aliphatic rings. The van der Waals surface area contributed by atoms with Crippen molar-refractivity contribution in [2.24, 2.45) is 0 Å². The topological polar surface area (TPSA) is 90.4 Å². The minimum Gasteiger partial charge on any atom is -0.465 e. The quantitative estimate of drug-likeness (QED) is 0.794. The SMILES string of the molecule is O=C(O)NCCN1CCC(n2c(=O)[nH]c3cc(Cl)ccc32)CC1. The molecule has 0 radical (unpaired) electrons. The van der Waals surface area contributed by atoms with Crippen molar-refractivity contribution in [1.82, 2.24) is 19.8 Å². The Morgan fingerprint density at radius 3 is 2.83 bits per heavy atom. The molecule has 124 valence electrons. The van der Waals surface area contributed by atoms with Crippen LogP contribution in [0.3, 0.4) is 0 Å². The lowest BCUT2D eigenvalue weighted by Gasteiger charge is -2.32. The molecule has 1 aromatic heterocycles. The molecule has 3 rings (SSSR count). The summed E-state index contributed by atoms with van der Waals surface area (Å²) >= 11 is 5.97. The molecule has 1 aromatic carbocycles. The third kappa shape index (κ3) is 3.51. The number of aromatic amines is 1. The van der Waals surface area contributed by atoms with E-state index >= 15 is 0 Å². The lowest BCUT2D eigenvalue weighted by atomic mass is 10.0. The Hall–Kier alpha value is -1.99. The molecule has 0 bridgehead atoms. The Kier molecular flexibility index (Phi) is 4.58. The number of hydrogen-bond acceptors (Lipinski definition) is 3. The number of H-pyrrole nitrogens is 1. The maximum Gasteiger partial charge on any atom is 0.404 e. The molecule has 2 heterocycles. The summed E-state index contributed by atoms with van der Waals surface area (Å²) in [5.74, 6) is 0. The molecule has 0 aliphatic carbocycles. The molecule has 0 atom stereocenters. The largest absolute Gasteiger partial charge is 0.465 e. The van der Waals surface area contributed by atoms with Crippen molar-refractivity contribution in [3.05, 3.63) is 33.7 Å². The number of rotatable bonds is 4. The molecular weight excluding hydrogens is 320 g/mol. The number of imidazole rings is 1. The second-order valence-corrected chi connectivity index (χ2v) is 6.20. The minimum atomic E-state index is -0.996. The van der Waals surface area contributed by atoms with Gasteiger partial charge in [0.25, 0.3) is 0 Å². The van der Waals surface area contributed by atoms with Crippen molar-refractivity contribution in [2.45, 2.75) is 18.9 Å². The first kappa shape index (κ1) is 15.9. The number of amides is 1. The summed E-state index contributed by atoms with van der Waals surface area (Å²) in [4.78, 5) is 27.8. The van der Waals surface area contributed by atoms with Crippen LogP contribution in [0.4, 0.5) is 4.79 Å². The predicted molar refractivity (Wildman–Crippen MR) is 88.3 cm³/mol. The summed E-state index contributed by atoms with van der Waals surface area (Å²) in [6.45, 7) is 2.81. The summed E-state index contributed by atoms with van der Waals surface area (Å²) in [6.07, 6.45) is 0.731. The molecular formula is C15H19ClN4O3. The van der Waals surface area contributed by atoms with E-state index in [0.29, 0.717) is 18.1 Å². The van der Waals surface area contributed by atoms with E-state index in [9.17, 15) is 9.59 Å². The first-order chi connectivity index (χ1) is 11.0. The standard InChI is InChI=1S/C15H19ClN4O3/c16-10-1-2-13-12(9-10)18-14(21)20(13)11-3-6-19(7-4-11)8-5-17-15(22)23/h1-2,9,11,17H,3-8H2,(H,18,21)(H,22,23). The molecule has 8 heteroatoms. The van der Waals surface area contributed by atoms with Crippen molar-refractivity contribution in [3.63, 3.8) is 0 Å². The molecule has 23 heavy (non-hydrogen) atoms. The Morgan fingerprint density at radius 1 is 1.39 bits per heavy atom. The van der Waals surface area contributed by atoms with Crippen molar-refractivity contribution in [3.8, 4) is 0 Å². The lowest BCUT2D eigenvalue weighted by molar-refractivity contribution is 0.176. The molecule has 7 nitrogen and oxygen atoms in total. The third-order valence-corrected chi connectivity index (χ3v) is 4.54. The second-order valence-electron chi connectivity index (χ2n) is 5.77. The molecule has 0 saturated carbocycles. The fraction of sp³-hybridized carbons (Fsp3) is 0.467. The zero-order chi connectivity index (χ0) is 16.4. The van der Waals surface area contributed by atoms with Crippen LogP contribution >= 0.6 is 11.6 Å². The predicted octanol–water partition coefficient (Wildman–Crippen LogP) is 1.89. The Bertz CT molecular complexity index is 762. The number of nitrogens with zero attached hydrogens (tertiary/aromatic N) is 2. The lowest BCUT2D eigenvalue weighted by Crippen LogP contribution is -2.40. The van der Waals surface area contributed by atoms with Gasteiger partial charge in [-0.15, -0.1) is 0 Å². The van der Waals surface area contributed by atoms with Crippen LogP contribution in [-0.4, -0.2) is 51.8 Å². The smallest absolute Gasteiger partial charge is 0.404 e. The molecule has 0 spiro atoms. The van der Waals surface area contributed by atoms with Crippen LogP contribution in [0.25, 0.3) is 11.0 Å². The first-order valence-corrected chi connectivity index (χ1v) is 8.01. The van der Waals surface area contributed by atoms with Gasteiger partial charge in [-0.1, -0.05) is 11.6 Å². The highest BCUT2D eigenvalue weighted by molar-refractivity contribution is 6.31. The molecule has 3 N–H and O–H groups in total. The van der Waals surface area contributed by atoms with Gasteiger partial charge >= 0.3 is 11.8 Å². The van der Waals surface area contributed by atoms with Crippen LogP contribution in [0.5, 0.6) is 0 Å². The number of hydrogen-bond donors (Lipinski definition) is 3. The Labute approximate surface area is 137 Å². The normalized spacial score (nSPS) is 16.7. The van der Waals surface area contributed by atoms with E-state index < -0.39 is 6.09 Å². The Morgan fingerprint density at radius 2 is 2.13 bits per heavy atom. The number of carbonyl (C=O) groups is 1. The highest BCUT2D eigenvalue weighted by Crippen LogP contribution is 2.25. The number of likely N-dealkylation sites (tertiary alicyclic amines) is 1. The van der Waals surface area contributed by atoms with E-state index in [1.54, 1.807) is 12.1 Å². The van der Waals surface area contributed by atoms with E-state index in [0.717, 1.165) is 37.0 Å². The van der Waals surface area contributed by atoms with E-state index in [1.807, 2.05) is 10.6 Å². The van der Waals surface area contributed by atoms with Gasteiger partial charge in [0.2, 0.25) is 0 Å². The number of fused-ring (bicyclic) bond motifs is 1. The van der Waals surface area contributed by atoms with Crippen LogP contribution in [0, 0.1) is 0 Å². The van der Waals surface area contributed by atoms with Crippen molar-refractivity contribution in [1.29, 1.82) is 0 Å². The highest BCUT2D eigenvalue weighted by Gasteiger charge is 2.23. The minimum absolute atomic E-state index is 0.103. The van der Waals surface area contributed by atoms with Gasteiger partial charge in [-0.2, -0.15) is 0 Å². The summed E-state index contributed by atoms with van der Waals surface area (Å²) in [7, 11) is 0. The average molecular weight is 339 g/mol. The van der Waals surface area contributed by atoms with Gasteiger partial charge in [-0.3, -0.25) is 4.57 Å². The van der Waals surface area contributed by atoms with Gasteiger partial charge in [-0.25, -0.2) is 9.59 Å². The van der Waals surface area contributed by atoms with Gasteiger partial charge in [-0.05, 0) is 31.0 Å². The number of benzene rings is 1. The third-order valence-electron chi connectivity index (χ3n) is 4.31. The van der Waals surface area contributed by atoms with Gasteiger partial charge < -0.3 is 20.3 Å². The van der Waals surface area contributed by atoms with Crippen LogP contribution < -0.4 is 11.0 Å². The van der Waals surface area contributed by atoms with Crippen LogP contribution in [-0.2, 0) is 0 Å². The second kappa shape index (κ2) is 6.64. The Balaban J connectivity index is 1.67. The summed E-state index contributed by atoms with van der Waals surface area (Å²) in [6, 6.07) is 5.58. The van der Waals surface area contributed by atoms with Crippen LogP contribution in [0.15, 0.2) is 23.0 Å². The molecule has 0 unspecified atom stereocenters. The molecule has 1 saturated heterocycles. The maximum atomic E-state index is 12.3. The van der Waals surface area contributed by atoms with Crippen LogP contribution in [0.1, 0.15) is 18.9 Å². The monoisotopic (exact) mass is 338 g/mol. The van der Waals surface area contributed by atoms with E-state index in [2.05, 4.69) is 15.2 Å². The van der Waals surface area contributed by atoms with Gasteiger partial charge in [0.15, 0.2) is 0 Å². The number of nitrogens with one attached hydrogen (secondary N) is 2. The van der Waals surface area contributed by atoms with Gasteiger partial charge in [0, 0.05) is 37.2 Å². The maximum absolute atomic E-state index is 12.3. The summed E-state index contributed by atoms with van der Waals surface area (Å²) < 4.78 is 1.82. The fourth-order valence-electron chi connectivity index (χ4n) is 3.19. The van der Waals surface area contributed by atoms with Gasteiger partial charge in [0.1, 0.15) is 0 Å². The number of carboxylic acid groups (broad SMARTS) is 1. The highest BCUT2D eigenvalue weighted by atomic mass is 35.5. The van der Waals surface area contributed by atoms with Crippen molar-refractivity contribution >= 4 is 28.7 Å². The van der Waals surface area contributed by atoms with Crippen molar-refractivity contribution in [2.75, 3.05) is 26.2 Å². The molecule has 1 fully saturated rings. The zero-order valence-corrected chi connectivity index (χ0v) is 13.3. The zero-order valence-electron chi connectivity index (χ0n) is 12.6. The molecule has 2 aromatic rings. The van der Waals surface area contributed by atoms with E-state index in [4.69, 9.17) is 16.7 Å². The molecule has 1 amide bonds.